The van der Waals surface area contributed by atoms with Crippen molar-refractivity contribution in [3.63, 3.8) is 0 Å². The Balaban J connectivity index is 1.11. The molecule has 0 N–H and O–H groups in total. The zero-order valence-electron chi connectivity index (χ0n) is 32.0. The second-order valence-corrected chi connectivity index (χ2v) is 14.8. The summed E-state index contributed by atoms with van der Waals surface area (Å²) in [5.74, 6) is 1.72. The third-order valence-corrected chi connectivity index (χ3v) is 11.2. The molecular weight excluding hydrogens is 719 g/mol. The fourth-order valence-corrected chi connectivity index (χ4v) is 8.23. The van der Waals surface area contributed by atoms with Crippen LogP contribution in [0.3, 0.4) is 0 Å². The number of nitrogens with zero attached hydrogens (tertiary/aromatic N) is 3. The van der Waals surface area contributed by atoms with Crippen molar-refractivity contribution in [2.45, 2.75) is 0 Å². The smallest absolute Gasteiger partial charge is 0.167 e. The van der Waals surface area contributed by atoms with E-state index in [4.69, 9.17) is 19.4 Å². The number of hydrogen-bond acceptors (Lipinski definition) is 4. The molecular formula is C55H35N3O. The molecule has 0 saturated heterocycles. The average Bonchev–Trinajstić information content (AvgIpc) is 3.71. The first kappa shape index (κ1) is 34.3. The first-order valence-corrected chi connectivity index (χ1v) is 19.8. The molecule has 4 nitrogen and oxygen atoms in total. The van der Waals surface area contributed by atoms with Crippen LogP contribution in [0.5, 0.6) is 0 Å². The van der Waals surface area contributed by atoms with Gasteiger partial charge in [-0.3, -0.25) is 0 Å². The second kappa shape index (κ2) is 14.5. The molecule has 11 rings (SSSR count). The lowest BCUT2D eigenvalue weighted by molar-refractivity contribution is 0.669. The van der Waals surface area contributed by atoms with E-state index >= 15 is 0 Å². The van der Waals surface area contributed by atoms with E-state index in [1.54, 1.807) is 0 Å². The largest absolute Gasteiger partial charge is 0.455 e. The van der Waals surface area contributed by atoms with Crippen LogP contribution in [0, 0.1) is 0 Å². The van der Waals surface area contributed by atoms with Crippen LogP contribution < -0.4 is 0 Å². The molecule has 0 aliphatic heterocycles. The first-order valence-electron chi connectivity index (χ1n) is 19.8. The summed E-state index contributed by atoms with van der Waals surface area (Å²) in [4.78, 5) is 15.9. The maximum Gasteiger partial charge on any atom is 0.167 e. The summed E-state index contributed by atoms with van der Waals surface area (Å²) in [6.07, 6.45) is 0. The SMILES string of the molecule is c1ccc(-c2cccc(-c3ccc(-c4nc(-c5c(-c6cccc(-c7ccccc7)c6)ccc6ccccc56)nc(-c5cccc6c5oc5ccccc56)n4)cc3)c2)cc1. The fourth-order valence-electron chi connectivity index (χ4n) is 8.23. The third-order valence-electron chi connectivity index (χ3n) is 11.2. The standard InChI is InChI=1S/C55H35N3O/c1-3-14-36(15-4-1)41-19-11-20-42(34-41)38-28-30-40(31-29-38)53-56-54(49-26-13-25-48-47-24-9-10-27-50(47)59-52(48)49)58-55(57-53)51-45-23-8-7-18-39(45)32-33-46(51)44-22-12-21-43(35-44)37-16-5-2-6-17-37/h1-35H. The Hall–Kier alpha value is -7.95. The molecule has 0 atom stereocenters. The van der Waals surface area contributed by atoms with E-state index in [1.807, 2.05) is 36.4 Å². The Morgan fingerprint density at radius 3 is 1.53 bits per heavy atom. The van der Waals surface area contributed by atoms with E-state index < -0.39 is 0 Å². The van der Waals surface area contributed by atoms with Crippen LogP contribution in [0.2, 0.25) is 0 Å². The fraction of sp³-hybridized carbons (Fsp3) is 0. The van der Waals surface area contributed by atoms with Crippen LogP contribution in [-0.4, -0.2) is 15.0 Å². The van der Waals surface area contributed by atoms with E-state index in [-0.39, 0.29) is 0 Å². The number of benzene rings is 9. The molecule has 4 heteroatoms. The van der Waals surface area contributed by atoms with Crippen LogP contribution in [-0.2, 0) is 0 Å². The van der Waals surface area contributed by atoms with Crippen molar-refractivity contribution in [1.29, 1.82) is 0 Å². The number of aromatic nitrogens is 3. The van der Waals surface area contributed by atoms with Gasteiger partial charge >= 0.3 is 0 Å². The Morgan fingerprint density at radius 2 is 0.797 bits per heavy atom. The van der Waals surface area contributed by atoms with Crippen molar-refractivity contribution in [3.05, 3.63) is 212 Å². The van der Waals surface area contributed by atoms with Gasteiger partial charge in [0.1, 0.15) is 11.2 Å². The van der Waals surface area contributed by atoms with Gasteiger partial charge in [-0.25, -0.2) is 15.0 Å². The van der Waals surface area contributed by atoms with E-state index in [0.29, 0.717) is 17.5 Å². The Kier molecular flexibility index (Phi) is 8.45. The summed E-state index contributed by atoms with van der Waals surface area (Å²) in [6.45, 7) is 0. The number of rotatable bonds is 7. The molecule has 0 radical (unpaired) electrons. The van der Waals surface area contributed by atoms with Gasteiger partial charge in [0.05, 0.1) is 5.56 Å². The van der Waals surface area contributed by atoms with Gasteiger partial charge in [-0.2, -0.15) is 0 Å². The maximum atomic E-state index is 6.55. The predicted octanol–water partition coefficient (Wildman–Crippen LogP) is 14.6. The highest BCUT2D eigenvalue weighted by Gasteiger charge is 2.21. The van der Waals surface area contributed by atoms with Gasteiger partial charge in [-0.15, -0.1) is 0 Å². The molecule has 0 bridgehead atoms. The number of fused-ring (bicyclic) bond motifs is 4. The lowest BCUT2D eigenvalue weighted by atomic mass is 9.92. The summed E-state index contributed by atoms with van der Waals surface area (Å²) in [6, 6.07) is 74.1. The molecule has 2 heterocycles. The van der Waals surface area contributed by atoms with Crippen molar-refractivity contribution in [2.75, 3.05) is 0 Å². The summed E-state index contributed by atoms with van der Waals surface area (Å²) >= 11 is 0. The molecule has 0 aliphatic carbocycles. The molecule has 0 aliphatic rings. The molecule has 11 aromatic rings. The van der Waals surface area contributed by atoms with Crippen LogP contribution in [0.4, 0.5) is 0 Å². The minimum atomic E-state index is 0.547. The molecule has 276 valence electrons. The van der Waals surface area contributed by atoms with Gasteiger partial charge < -0.3 is 4.42 Å². The highest BCUT2D eigenvalue weighted by Crippen LogP contribution is 2.41. The van der Waals surface area contributed by atoms with Gasteiger partial charge in [-0.05, 0) is 79.5 Å². The summed E-state index contributed by atoms with van der Waals surface area (Å²) in [5, 5.41) is 4.25. The predicted molar refractivity (Wildman–Crippen MR) is 243 cm³/mol. The van der Waals surface area contributed by atoms with Crippen molar-refractivity contribution >= 4 is 32.7 Å². The van der Waals surface area contributed by atoms with Gasteiger partial charge in [-0.1, -0.05) is 188 Å². The van der Waals surface area contributed by atoms with E-state index in [9.17, 15) is 0 Å². The van der Waals surface area contributed by atoms with Crippen molar-refractivity contribution < 1.29 is 4.42 Å². The lowest BCUT2D eigenvalue weighted by Crippen LogP contribution is -2.02. The number of para-hydroxylation sites is 2. The monoisotopic (exact) mass is 753 g/mol. The summed E-state index contributed by atoms with van der Waals surface area (Å²) in [7, 11) is 0. The van der Waals surface area contributed by atoms with Gasteiger partial charge in [0.25, 0.3) is 0 Å². The van der Waals surface area contributed by atoms with Crippen molar-refractivity contribution in [2.24, 2.45) is 0 Å². The summed E-state index contributed by atoms with van der Waals surface area (Å²) < 4.78 is 6.55. The van der Waals surface area contributed by atoms with Crippen molar-refractivity contribution in [1.82, 2.24) is 15.0 Å². The second-order valence-electron chi connectivity index (χ2n) is 14.8. The minimum absolute atomic E-state index is 0.547. The first-order chi connectivity index (χ1) is 29.2. The van der Waals surface area contributed by atoms with Gasteiger partial charge in [0.2, 0.25) is 0 Å². The highest BCUT2D eigenvalue weighted by atomic mass is 16.3. The maximum absolute atomic E-state index is 6.55. The quantitative estimate of drug-likeness (QED) is 0.163. The highest BCUT2D eigenvalue weighted by molar-refractivity contribution is 6.09. The topological polar surface area (TPSA) is 51.8 Å². The van der Waals surface area contributed by atoms with Crippen LogP contribution in [0.25, 0.3) is 111 Å². The average molecular weight is 754 g/mol. The Morgan fingerprint density at radius 1 is 0.288 bits per heavy atom. The molecule has 0 fully saturated rings. The minimum Gasteiger partial charge on any atom is -0.455 e. The molecule has 2 aromatic heterocycles. The Labute approximate surface area is 341 Å². The number of furan rings is 1. The molecule has 0 amide bonds. The lowest BCUT2D eigenvalue weighted by Gasteiger charge is -2.16. The van der Waals surface area contributed by atoms with Crippen LogP contribution in [0.15, 0.2) is 217 Å². The van der Waals surface area contributed by atoms with Gasteiger partial charge in [0.15, 0.2) is 17.5 Å². The third kappa shape index (κ3) is 6.34. The van der Waals surface area contributed by atoms with Crippen LogP contribution >= 0.6 is 0 Å². The number of hydrogen-bond donors (Lipinski definition) is 0. The molecule has 59 heavy (non-hydrogen) atoms. The Bertz CT molecular complexity index is 3320. The molecule has 0 spiro atoms. The zero-order chi connectivity index (χ0) is 39.1. The van der Waals surface area contributed by atoms with Crippen LogP contribution in [0.1, 0.15) is 0 Å². The van der Waals surface area contributed by atoms with E-state index in [1.165, 1.54) is 11.1 Å². The summed E-state index contributed by atoms with van der Waals surface area (Å²) in [5.41, 5.74) is 13.3. The molecule has 0 saturated carbocycles. The van der Waals surface area contributed by atoms with Crippen molar-refractivity contribution in [3.8, 4) is 78.7 Å². The van der Waals surface area contributed by atoms with E-state index in [0.717, 1.165) is 82.8 Å². The van der Waals surface area contributed by atoms with Gasteiger partial charge in [0, 0.05) is 21.9 Å². The van der Waals surface area contributed by atoms with E-state index in [2.05, 4.69) is 176 Å². The normalized spacial score (nSPS) is 11.4. The molecule has 0 unspecified atom stereocenters. The molecule has 9 aromatic carbocycles. The zero-order valence-corrected chi connectivity index (χ0v) is 32.0.